The number of carbonyl (C=O) groups excluding carboxylic acids is 2. The second-order valence-electron chi connectivity index (χ2n) is 5.56. The molecule has 20 heavy (non-hydrogen) atoms. The number of halogens is 1. The van der Waals surface area contributed by atoms with Crippen molar-refractivity contribution in [2.24, 2.45) is 0 Å². The molecule has 0 aromatic heterocycles. The number of hydrogen-bond acceptors (Lipinski definition) is 2. The molecule has 1 aliphatic heterocycles. The first kappa shape index (κ1) is 13.6. The summed E-state index contributed by atoms with van der Waals surface area (Å²) in [5.74, 6) is -0.112. The summed E-state index contributed by atoms with van der Waals surface area (Å²) < 4.78 is 1.01. The molecular formula is C15H17BrN2O2. The first-order valence-corrected chi connectivity index (χ1v) is 7.79. The number of imide groups is 1. The third-order valence-corrected chi connectivity index (χ3v) is 4.87. The number of carbonyl (C=O) groups is 2. The third-order valence-electron chi connectivity index (χ3n) is 4.34. The number of nitrogens with zero attached hydrogens (tertiary/aromatic N) is 1. The lowest BCUT2D eigenvalue weighted by Gasteiger charge is -2.38. The molecule has 3 rings (SSSR count). The quantitative estimate of drug-likeness (QED) is 0.843. The lowest BCUT2D eigenvalue weighted by Crippen LogP contribution is -2.50. The molecule has 1 heterocycles. The fourth-order valence-corrected chi connectivity index (χ4v) is 3.49. The van der Waals surface area contributed by atoms with Gasteiger partial charge in [-0.3, -0.25) is 10.1 Å². The van der Waals surface area contributed by atoms with Gasteiger partial charge in [0.25, 0.3) is 5.91 Å². The molecule has 2 aliphatic rings. The van der Waals surface area contributed by atoms with E-state index in [-0.39, 0.29) is 11.9 Å². The summed E-state index contributed by atoms with van der Waals surface area (Å²) in [4.78, 5) is 26.1. The molecule has 1 aromatic carbocycles. The van der Waals surface area contributed by atoms with E-state index in [1.54, 1.807) is 4.90 Å². The van der Waals surface area contributed by atoms with Gasteiger partial charge in [-0.25, -0.2) is 4.79 Å². The van der Waals surface area contributed by atoms with E-state index in [1.807, 2.05) is 24.3 Å². The van der Waals surface area contributed by atoms with Crippen LogP contribution in [0.5, 0.6) is 0 Å². The largest absolute Gasteiger partial charge is 0.325 e. The molecule has 1 saturated heterocycles. The lowest BCUT2D eigenvalue weighted by atomic mass is 9.80. The van der Waals surface area contributed by atoms with E-state index in [2.05, 4.69) is 21.2 Å². The van der Waals surface area contributed by atoms with Crippen molar-refractivity contribution in [3.05, 3.63) is 34.3 Å². The zero-order valence-electron chi connectivity index (χ0n) is 11.2. The highest BCUT2D eigenvalue weighted by Crippen LogP contribution is 2.38. The Balaban J connectivity index is 1.87. The van der Waals surface area contributed by atoms with Crippen LogP contribution in [0.3, 0.4) is 0 Å². The predicted molar refractivity (Wildman–Crippen MR) is 79.0 cm³/mol. The Morgan fingerprint density at radius 2 is 1.75 bits per heavy atom. The molecule has 4 nitrogen and oxygen atoms in total. The van der Waals surface area contributed by atoms with Crippen molar-refractivity contribution in [2.45, 2.75) is 44.2 Å². The summed E-state index contributed by atoms with van der Waals surface area (Å²) in [6, 6.07) is 7.63. The van der Waals surface area contributed by atoms with Gasteiger partial charge in [-0.2, -0.15) is 0 Å². The first-order chi connectivity index (χ1) is 9.62. The number of urea groups is 1. The zero-order valence-corrected chi connectivity index (χ0v) is 12.8. The number of benzene rings is 1. The van der Waals surface area contributed by atoms with E-state index in [0.717, 1.165) is 42.1 Å². The van der Waals surface area contributed by atoms with Gasteiger partial charge in [0.15, 0.2) is 0 Å². The van der Waals surface area contributed by atoms with Crippen LogP contribution in [-0.2, 0) is 11.3 Å². The van der Waals surface area contributed by atoms with Crippen molar-refractivity contribution in [1.82, 2.24) is 10.2 Å². The van der Waals surface area contributed by atoms with Crippen LogP contribution in [0.15, 0.2) is 28.7 Å². The molecule has 1 spiro atoms. The summed E-state index contributed by atoms with van der Waals surface area (Å²) in [6.07, 6.45) is 4.73. The third kappa shape index (κ3) is 2.24. The van der Waals surface area contributed by atoms with Crippen molar-refractivity contribution < 1.29 is 9.59 Å². The Labute approximate surface area is 126 Å². The van der Waals surface area contributed by atoms with Gasteiger partial charge in [0.2, 0.25) is 0 Å². The van der Waals surface area contributed by atoms with E-state index in [1.165, 1.54) is 0 Å². The van der Waals surface area contributed by atoms with Crippen molar-refractivity contribution in [3.8, 4) is 0 Å². The number of rotatable bonds is 2. The molecule has 106 valence electrons. The Kier molecular flexibility index (Phi) is 3.54. The van der Waals surface area contributed by atoms with Gasteiger partial charge in [0, 0.05) is 11.0 Å². The van der Waals surface area contributed by atoms with Crippen LogP contribution >= 0.6 is 15.9 Å². The standard InChI is InChI=1S/C15H17BrN2O2/c16-12-6-4-11(5-7-12)10-18-14(20)17-13(19)15(18)8-2-1-3-9-15/h4-7H,1-3,8-10H2,(H,17,19,20). The average Bonchev–Trinajstić information content (AvgIpc) is 2.67. The Morgan fingerprint density at radius 1 is 1.10 bits per heavy atom. The number of nitrogens with one attached hydrogen (secondary N) is 1. The summed E-state index contributed by atoms with van der Waals surface area (Å²) in [5.41, 5.74) is 0.436. The van der Waals surface area contributed by atoms with Crippen LogP contribution in [0.25, 0.3) is 0 Å². The van der Waals surface area contributed by atoms with Gasteiger partial charge in [-0.05, 0) is 30.5 Å². The molecule has 1 N–H and O–H groups in total. The van der Waals surface area contributed by atoms with Gasteiger partial charge in [0.1, 0.15) is 5.54 Å². The molecule has 0 bridgehead atoms. The summed E-state index contributed by atoms with van der Waals surface area (Å²) in [5, 5.41) is 2.50. The zero-order chi connectivity index (χ0) is 14.2. The minimum Gasteiger partial charge on any atom is -0.305 e. The Hall–Kier alpha value is -1.36. The minimum absolute atomic E-state index is 0.112. The van der Waals surface area contributed by atoms with Gasteiger partial charge in [-0.1, -0.05) is 47.3 Å². The maximum atomic E-state index is 12.2. The second-order valence-corrected chi connectivity index (χ2v) is 6.48. The minimum atomic E-state index is -0.609. The van der Waals surface area contributed by atoms with Crippen LogP contribution in [-0.4, -0.2) is 22.4 Å². The predicted octanol–water partition coefficient (Wildman–Crippen LogP) is 3.20. The van der Waals surface area contributed by atoms with Crippen molar-refractivity contribution in [1.29, 1.82) is 0 Å². The fourth-order valence-electron chi connectivity index (χ4n) is 3.23. The highest BCUT2D eigenvalue weighted by molar-refractivity contribution is 9.10. The van der Waals surface area contributed by atoms with Crippen molar-refractivity contribution in [2.75, 3.05) is 0 Å². The molecule has 1 saturated carbocycles. The fraction of sp³-hybridized carbons (Fsp3) is 0.467. The molecule has 1 aromatic rings. The molecule has 0 radical (unpaired) electrons. The maximum Gasteiger partial charge on any atom is 0.325 e. The smallest absolute Gasteiger partial charge is 0.305 e. The van der Waals surface area contributed by atoms with Crippen LogP contribution in [0.2, 0.25) is 0 Å². The summed E-state index contributed by atoms with van der Waals surface area (Å²) >= 11 is 3.40. The Morgan fingerprint density at radius 3 is 2.40 bits per heavy atom. The van der Waals surface area contributed by atoms with Crippen LogP contribution in [0.1, 0.15) is 37.7 Å². The second kappa shape index (κ2) is 5.20. The van der Waals surface area contributed by atoms with Gasteiger partial charge in [-0.15, -0.1) is 0 Å². The van der Waals surface area contributed by atoms with Gasteiger partial charge in [0.05, 0.1) is 0 Å². The van der Waals surface area contributed by atoms with E-state index >= 15 is 0 Å². The first-order valence-electron chi connectivity index (χ1n) is 6.99. The monoisotopic (exact) mass is 336 g/mol. The average molecular weight is 337 g/mol. The maximum absolute atomic E-state index is 12.2. The van der Waals surface area contributed by atoms with E-state index < -0.39 is 5.54 Å². The van der Waals surface area contributed by atoms with Crippen LogP contribution in [0, 0.1) is 0 Å². The van der Waals surface area contributed by atoms with Crippen LogP contribution < -0.4 is 5.32 Å². The summed E-state index contributed by atoms with van der Waals surface area (Å²) in [7, 11) is 0. The van der Waals surface area contributed by atoms with Crippen LogP contribution in [0.4, 0.5) is 4.79 Å². The number of amides is 3. The molecule has 3 amide bonds. The highest BCUT2D eigenvalue weighted by Gasteiger charge is 2.52. The number of hydrogen-bond donors (Lipinski definition) is 1. The highest BCUT2D eigenvalue weighted by atomic mass is 79.9. The molecular weight excluding hydrogens is 320 g/mol. The van der Waals surface area contributed by atoms with Crippen molar-refractivity contribution >= 4 is 27.9 Å². The lowest BCUT2D eigenvalue weighted by molar-refractivity contribution is -0.128. The Bertz CT molecular complexity index is 535. The molecule has 1 aliphatic carbocycles. The van der Waals surface area contributed by atoms with Gasteiger partial charge >= 0.3 is 6.03 Å². The topological polar surface area (TPSA) is 49.4 Å². The van der Waals surface area contributed by atoms with E-state index in [4.69, 9.17) is 0 Å². The summed E-state index contributed by atoms with van der Waals surface area (Å²) in [6.45, 7) is 0.491. The van der Waals surface area contributed by atoms with Gasteiger partial charge < -0.3 is 4.90 Å². The molecule has 0 atom stereocenters. The van der Waals surface area contributed by atoms with E-state index in [9.17, 15) is 9.59 Å². The normalized spacial score (nSPS) is 21.4. The SMILES string of the molecule is O=C1NC(=O)C2(CCCCC2)N1Cc1ccc(Br)cc1. The van der Waals surface area contributed by atoms with E-state index in [0.29, 0.717) is 6.54 Å². The molecule has 0 unspecified atom stereocenters. The molecule has 2 fully saturated rings. The molecule has 5 heteroatoms. The van der Waals surface area contributed by atoms with Crippen molar-refractivity contribution in [3.63, 3.8) is 0 Å².